The first-order valence-corrected chi connectivity index (χ1v) is 13.7. The van der Waals surface area contributed by atoms with Crippen LogP contribution in [-0.4, -0.2) is 47.8 Å². The van der Waals surface area contributed by atoms with Crippen molar-refractivity contribution in [2.45, 2.75) is 56.9 Å². The Hall–Kier alpha value is -3.04. The molecule has 0 spiro atoms. The molecule has 8 nitrogen and oxygen atoms in total. The summed E-state index contributed by atoms with van der Waals surface area (Å²) >= 11 is 0. The van der Waals surface area contributed by atoms with Gasteiger partial charge in [0.05, 0.1) is 15.8 Å². The molecule has 0 atom stereocenters. The molecule has 1 aliphatic carbocycles. The van der Waals surface area contributed by atoms with Crippen LogP contribution in [0, 0.1) is 0 Å². The molecule has 0 saturated heterocycles. The van der Waals surface area contributed by atoms with Crippen LogP contribution in [0.1, 0.15) is 50.5 Å². The van der Waals surface area contributed by atoms with Crippen molar-refractivity contribution in [2.24, 2.45) is 0 Å². The van der Waals surface area contributed by atoms with E-state index in [1.807, 2.05) is 32.0 Å². The maximum absolute atomic E-state index is 13.2. The molecule has 9 heteroatoms. The standard InChI is InChI=1S/C26H30N4O4S/c1-3-28(4-2)35(33,34)20-11-12-23-18(17-20)15-16-29(23)25(31)14-13-24-27-22-8-6-5-7-21(22)26(32)30(24)19-9-10-19/h5-8,11-12,17,19H,3-4,9-10,13-16H2,1-2H3. The summed E-state index contributed by atoms with van der Waals surface area (Å²) < 4.78 is 29.0. The lowest BCUT2D eigenvalue weighted by Gasteiger charge is -2.20. The second-order valence-corrected chi connectivity index (χ2v) is 11.1. The number of aryl methyl sites for hydroxylation is 1. The van der Waals surface area contributed by atoms with Gasteiger partial charge in [-0.25, -0.2) is 13.4 Å². The summed E-state index contributed by atoms with van der Waals surface area (Å²) in [5.74, 6) is 0.609. The second-order valence-electron chi connectivity index (χ2n) is 9.13. The van der Waals surface area contributed by atoms with Crippen LogP contribution < -0.4 is 10.5 Å². The third-order valence-corrected chi connectivity index (χ3v) is 8.99. The molecule has 2 aliphatic rings. The number of benzene rings is 2. The Balaban J connectivity index is 1.36. The largest absolute Gasteiger partial charge is 0.312 e. The fourth-order valence-electron chi connectivity index (χ4n) is 4.94. The first kappa shape index (κ1) is 23.7. The lowest BCUT2D eigenvalue weighted by molar-refractivity contribution is -0.118. The quantitative estimate of drug-likeness (QED) is 0.479. The fraction of sp³-hybridized carbons (Fsp3) is 0.423. The highest BCUT2D eigenvalue weighted by Gasteiger charge is 2.30. The summed E-state index contributed by atoms with van der Waals surface area (Å²) in [5, 5.41) is 0.610. The normalized spacial score (nSPS) is 15.7. The van der Waals surface area contributed by atoms with Crippen molar-refractivity contribution < 1.29 is 13.2 Å². The molecule has 0 radical (unpaired) electrons. The van der Waals surface area contributed by atoms with Crippen LogP contribution in [0.2, 0.25) is 0 Å². The molecule has 35 heavy (non-hydrogen) atoms. The van der Waals surface area contributed by atoms with Gasteiger partial charge < -0.3 is 4.90 Å². The zero-order chi connectivity index (χ0) is 24.7. The number of anilines is 1. The van der Waals surface area contributed by atoms with Gasteiger partial charge in [-0.3, -0.25) is 14.2 Å². The first-order valence-electron chi connectivity index (χ1n) is 12.3. The average molecular weight is 495 g/mol. The van der Waals surface area contributed by atoms with Crippen molar-refractivity contribution in [3.8, 4) is 0 Å². The number of carbonyl (C=O) groups excluding carboxylic acids is 1. The Bertz CT molecular complexity index is 1460. The highest BCUT2D eigenvalue weighted by Crippen LogP contribution is 2.35. The molecule has 0 unspecified atom stereocenters. The van der Waals surface area contributed by atoms with Crippen molar-refractivity contribution >= 4 is 32.5 Å². The monoisotopic (exact) mass is 494 g/mol. The minimum Gasteiger partial charge on any atom is -0.312 e. The van der Waals surface area contributed by atoms with Gasteiger partial charge in [0, 0.05) is 44.2 Å². The third-order valence-electron chi connectivity index (χ3n) is 6.95. The minimum atomic E-state index is -3.55. The Morgan fingerprint density at radius 2 is 1.86 bits per heavy atom. The van der Waals surface area contributed by atoms with Gasteiger partial charge >= 0.3 is 0 Å². The zero-order valence-corrected chi connectivity index (χ0v) is 20.9. The van der Waals surface area contributed by atoms with E-state index >= 15 is 0 Å². The molecule has 3 aromatic rings. The molecular weight excluding hydrogens is 464 g/mol. The molecule has 5 rings (SSSR count). The van der Waals surface area contributed by atoms with E-state index in [2.05, 4.69) is 0 Å². The molecule has 2 heterocycles. The van der Waals surface area contributed by atoms with E-state index in [4.69, 9.17) is 4.98 Å². The predicted molar refractivity (Wildman–Crippen MR) is 135 cm³/mol. The smallest absolute Gasteiger partial charge is 0.261 e. The van der Waals surface area contributed by atoms with E-state index in [0.29, 0.717) is 49.2 Å². The number of carbonyl (C=O) groups is 1. The molecule has 1 saturated carbocycles. The van der Waals surface area contributed by atoms with Crippen LogP contribution in [0.5, 0.6) is 0 Å². The summed E-state index contributed by atoms with van der Waals surface area (Å²) in [6, 6.07) is 12.5. The third kappa shape index (κ3) is 4.27. The first-order chi connectivity index (χ1) is 16.8. The minimum absolute atomic E-state index is 0.0333. The van der Waals surface area contributed by atoms with Gasteiger partial charge in [0.15, 0.2) is 0 Å². The molecule has 0 bridgehead atoms. The predicted octanol–water partition coefficient (Wildman–Crippen LogP) is 3.28. The Morgan fingerprint density at radius 1 is 1.11 bits per heavy atom. The van der Waals surface area contributed by atoms with E-state index in [9.17, 15) is 18.0 Å². The lowest BCUT2D eigenvalue weighted by atomic mass is 10.1. The molecule has 0 N–H and O–H groups in total. The number of aromatic nitrogens is 2. The number of hydrogen-bond donors (Lipinski definition) is 0. The molecular formula is C26H30N4O4S. The van der Waals surface area contributed by atoms with E-state index in [1.165, 1.54) is 4.31 Å². The average Bonchev–Trinajstić information content (AvgIpc) is 3.60. The maximum atomic E-state index is 13.2. The van der Waals surface area contributed by atoms with Crippen molar-refractivity contribution in [3.63, 3.8) is 0 Å². The number of fused-ring (bicyclic) bond motifs is 2. The SMILES string of the molecule is CCN(CC)S(=O)(=O)c1ccc2c(c1)CCN2C(=O)CCc1nc2ccccc2c(=O)n1C1CC1. The summed E-state index contributed by atoms with van der Waals surface area (Å²) in [7, 11) is -3.55. The van der Waals surface area contributed by atoms with E-state index in [0.717, 1.165) is 24.1 Å². The Morgan fingerprint density at radius 3 is 2.57 bits per heavy atom. The van der Waals surface area contributed by atoms with E-state index < -0.39 is 10.0 Å². The molecule has 184 valence electrons. The molecule has 1 aromatic heterocycles. The van der Waals surface area contributed by atoms with Crippen LogP contribution in [-0.2, 0) is 27.7 Å². The molecule has 1 aliphatic heterocycles. The molecule has 2 aromatic carbocycles. The van der Waals surface area contributed by atoms with Crippen molar-refractivity contribution in [1.82, 2.24) is 13.9 Å². The number of para-hydroxylation sites is 1. The summed E-state index contributed by atoms with van der Waals surface area (Å²) in [4.78, 5) is 33.0. The van der Waals surface area contributed by atoms with Gasteiger partial charge in [-0.1, -0.05) is 26.0 Å². The van der Waals surface area contributed by atoms with Gasteiger partial charge in [0.1, 0.15) is 5.82 Å². The van der Waals surface area contributed by atoms with Gasteiger partial charge in [0.25, 0.3) is 5.56 Å². The van der Waals surface area contributed by atoms with Gasteiger partial charge in [0.2, 0.25) is 15.9 Å². The number of hydrogen-bond acceptors (Lipinski definition) is 5. The van der Waals surface area contributed by atoms with Crippen LogP contribution in [0.25, 0.3) is 10.9 Å². The highest BCUT2D eigenvalue weighted by atomic mass is 32.2. The van der Waals surface area contributed by atoms with E-state index in [-0.39, 0.29) is 28.8 Å². The lowest BCUT2D eigenvalue weighted by Crippen LogP contribution is -2.31. The van der Waals surface area contributed by atoms with Crippen molar-refractivity contribution in [2.75, 3.05) is 24.5 Å². The molecule has 1 fully saturated rings. The Kier molecular flexibility index (Phi) is 6.23. The fourth-order valence-corrected chi connectivity index (χ4v) is 6.45. The number of amides is 1. The number of sulfonamides is 1. The summed E-state index contributed by atoms with van der Waals surface area (Å²) in [6.07, 6.45) is 3.15. The van der Waals surface area contributed by atoms with Crippen LogP contribution in [0.4, 0.5) is 5.69 Å². The van der Waals surface area contributed by atoms with Gasteiger partial charge in [-0.05, 0) is 55.2 Å². The zero-order valence-electron chi connectivity index (χ0n) is 20.1. The van der Waals surface area contributed by atoms with Gasteiger partial charge in [-0.2, -0.15) is 4.31 Å². The summed E-state index contributed by atoms with van der Waals surface area (Å²) in [6.45, 7) is 4.98. The van der Waals surface area contributed by atoms with Crippen LogP contribution >= 0.6 is 0 Å². The van der Waals surface area contributed by atoms with E-state index in [1.54, 1.807) is 33.7 Å². The second kappa shape index (κ2) is 9.20. The van der Waals surface area contributed by atoms with Gasteiger partial charge in [-0.15, -0.1) is 0 Å². The maximum Gasteiger partial charge on any atom is 0.261 e. The Labute approximate surface area is 205 Å². The number of nitrogens with zero attached hydrogens (tertiary/aromatic N) is 4. The topological polar surface area (TPSA) is 92.6 Å². The number of rotatable bonds is 8. The summed E-state index contributed by atoms with van der Waals surface area (Å²) in [5.41, 5.74) is 2.25. The van der Waals surface area contributed by atoms with Crippen LogP contribution in [0.3, 0.4) is 0 Å². The van der Waals surface area contributed by atoms with Crippen molar-refractivity contribution in [1.29, 1.82) is 0 Å². The van der Waals surface area contributed by atoms with Crippen LogP contribution in [0.15, 0.2) is 52.2 Å². The molecule has 1 amide bonds. The van der Waals surface area contributed by atoms with Crippen molar-refractivity contribution in [3.05, 3.63) is 64.2 Å². The highest BCUT2D eigenvalue weighted by molar-refractivity contribution is 7.89.